The van der Waals surface area contributed by atoms with E-state index in [-0.39, 0.29) is 4.90 Å². The molecule has 0 amide bonds. The topological polar surface area (TPSA) is 74.8 Å². The quantitative estimate of drug-likeness (QED) is 0.910. The number of rotatable bonds is 4. The van der Waals surface area contributed by atoms with E-state index in [9.17, 15) is 8.42 Å². The zero-order chi connectivity index (χ0) is 14.7. The van der Waals surface area contributed by atoms with Gasteiger partial charge in [-0.25, -0.2) is 8.42 Å². The van der Waals surface area contributed by atoms with E-state index in [0.29, 0.717) is 11.6 Å². The number of hydrogen-bond acceptors (Lipinski definition) is 3. The molecule has 3 rings (SSSR count). The molecular weight excluding hydrogens is 286 g/mol. The van der Waals surface area contributed by atoms with Gasteiger partial charge >= 0.3 is 0 Å². The van der Waals surface area contributed by atoms with Crippen molar-refractivity contribution in [3.05, 3.63) is 42.2 Å². The molecular formula is C15H19N3O2S. The molecule has 2 N–H and O–H groups in total. The standard InChI is InChI=1S/C15H19N3O2S/c19-21(20,18-14-10-16-17-11-14)15-8-6-13(7-9-15)12-4-2-1-3-5-12/h6-12,18H,1-5H2,(H,16,17). The summed E-state index contributed by atoms with van der Waals surface area (Å²) in [6.45, 7) is 0. The van der Waals surface area contributed by atoms with Crippen molar-refractivity contribution in [2.24, 2.45) is 0 Å². The van der Waals surface area contributed by atoms with Gasteiger partial charge < -0.3 is 0 Å². The van der Waals surface area contributed by atoms with Crippen molar-refractivity contribution in [2.75, 3.05) is 4.72 Å². The summed E-state index contributed by atoms with van der Waals surface area (Å²) in [6.07, 6.45) is 9.22. The highest BCUT2D eigenvalue weighted by atomic mass is 32.2. The summed E-state index contributed by atoms with van der Waals surface area (Å²) < 4.78 is 27.0. The molecule has 2 aromatic rings. The molecule has 21 heavy (non-hydrogen) atoms. The Morgan fingerprint density at radius 1 is 1.10 bits per heavy atom. The number of aromatic amines is 1. The van der Waals surface area contributed by atoms with Crippen LogP contribution >= 0.6 is 0 Å². The largest absolute Gasteiger partial charge is 0.284 e. The van der Waals surface area contributed by atoms with Crippen molar-refractivity contribution in [1.82, 2.24) is 10.2 Å². The van der Waals surface area contributed by atoms with E-state index in [1.165, 1.54) is 50.1 Å². The first-order chi connectivity index (χ1) is 10.1. The van der Waals surface area contributed by atoms with Crippen LogP contribution in [0.15, 0.2) is 41.6 Å². The first-order valence-corrected chi connectivity index (χ1v) is 8.75. The Labute approximate surface area is 124 Å². The predicted molar refractivity (Wildman–Crippen MR) is 81.7 cm³/mol. The maximum atomic E-state index is 12.2. The van der Waals surface area contributed by atoms with Gasteiger partial charge in [0, 0.05) is 6.20 Å². The van der Waals surface area contributed by atoms with Crippen LogP contribution in [0.4, 0.5) is 5.69 Å². The Bertz CT molecular complexity index is 672. The molecule has 0 unspecified atom stereocenters. The fraction of sp³-hybridized carbons (Fsp3) is 0.400. The molecule has 1 aliphatic carbocycles. The minimum Gasteiger partial charge on any atom is -0.284 e. The second kappa shape index (κ2) is 5.89. The lowest BCUT2D eigenvalue weighted by atomic mass is 9.84. The Morgan fingerprint density at radius 2 is 1.81 bits per heavy atom. The average molecular weight is 305 g/mol. The van der Waals surface area contributed by atoms with Crippen LogP contribution in [0, 0.1) is 0 Å². The molecule has 0 bridgehead atoms. The molecule has 5 nitrogen and oxygen atoms in total. The van der Waals surface area contributed by atoms with Crippen LogP contribution in [0.1, 0.15) is 43.6 Å². The van der Waals surface area contributed by atoms with Gasteiger partial charge in [-0.05, 0) is 36.5 Å². The number of anilines is 1. The van der Waals surface area contributed by atoms with Gasteiger partial charge in [0.05, 0.1) is 16.8 Å². The second-order valence-corrected chi connectivity index (χ2v) is 7.18. The first kappa shape index (κ1) is 14.1. The van der Waals surface area contributed by atoms with E-state index in [2.05, 4.69) is 14.9 Å². The predicted octanol–water partition coefficient (Wildman–Crippen LogP) is 3.26. The summed E-state index contributed by atoms with van der Waals surface area (Å²) in [4.78, 5) is 0.281. The zero-order valence-electron chi connectivity index (χ0n) is 11.7. The Balaban J connectivity index is 1.76. The van der Waals surface area contributed by atoms with Gasteiger partial charge in [-0.3, -0.25) is 9.82 Å². The Kier molecular flexibility index (Phi) is 3.96. The maximum absolute atomic E-state index is 12.2. The van der Waals surface area contributed by atoms with Crippen LogP contribution < -0.4 is 4.72 Å². The number of nitrogens with one attached hydrogen (secondary N) is 2. The Morgan fingerprint density at radius 3 is 2.43 bits per heavy atom. The molecule has 6 heteroatoms. The summed E-state index contributed by atoms with van der Waals surface area (Å²) in [5.41, 5.74) is 1.68. The van der Waals surface area contributed by atoms with Gasteiger partial charge in [-0.15, -0.1) is 0 Å². The van der Waals surface area contributed by atoms with Crippen LogP contribution in [-0.4, -0.2) is 18.6 Å². The maximum Gasteiger partial charge on any atom is 0.261 e. The van der Waals surface area contributed by atoms with Gasteiger partial charge in [0.2, 0.25) is 0 Å². The van der Waals surface area contributed by atoms with Crippen molar-refractivity contribution < 1.29 is 8.42 Å². The van der Waals surface area contributed by atoms with Gasteiger partial charge in [0.25, 0.3) is 10.0 Å². The highest BCUT2D eigenvalue weighted by molar-refractivity contribution is 7.92. The third-order valence-corrected chi connectivity index (χ3v) is 5.41. The third kappa shape index (κ3) is 3.26. The number of sulfonamides is 1. The van der Waals surface area contributed by atoms with Crippen molar-refractivity contribution in [2.45, 2.75) is 42.9 Å². The lowest BCUT2D eigenvalue weighted by Crippen LogP contribution is -2.12. The van der Waals surface area contributed by atoms with Gasteiger partial charge in [-0.2, -0.15) is 5.10 Å². The SMILES string of the molecule is O=S(=O)(Nc1cn[nH]c1)c1ccc(C2CCCCC2)cc1. The van der Waals surface area contributed by atoms with Crippen LogP contribution in [0.25, 0.3) is 0 Å². The molecule has 1 aromatic carbocycles. The van der Waals surface area contributed by atoms with E-state index >= 15 is 0 Å². The van der Waals surface area contributed by atoms with Crippen LogP contribution in [0.3, 0.4) is 0 Å². The van der Waals surface area contributed by atoms with E-state index < -0.39 is 10.0 Å². The average Bonchev–Trinajstić information content (AvgIpc) is 3.00. The fourth-order valence-corrected chi connectivity index (χ4v) is 3.91. The van der Waals surface area contributed by atoms with Gasteiger partial charge in [0.15, 0.2) is 0 Å². The van der Waals surface area contributed by atoms with Crippen molar-refractivity contribution in [3.8, 4) is 0 Å². The number of benzene rings is 1. The summed E-state index contributed by atoms with van der Waals surface area (Å²) >= 11 is 0. The molecule has 0 saturated heterocycles. The van der Waals surface area contributed by atoms with Gasteiger partial charge in [-0.1, -0.05) is 31.4 Å². The summed E-state index contributed by atoms with van der Waals surface area (Å²) in [7, 11) is -3.54. The Hall–Kier alpha value is -1.82. The fourth-order valence-electron chi connectivity index (χ4n) is 2.88. The molecule has 1 aliphatic rings. The first-order valence-electron chi connectivity index (χ1n) is 7.27. The highest BCUT2D eigenvalue weighted by Crippen LogP contribution is 2.33. The number of aromatic nitrogens is 2. The van der Waals surface area contributed by atoms with E-state index in [0.717, 1.165) is 0 Å². The summed E-state index contributed by atoms with van der Waals surface area (Å²) in [5, 5.41) is 6.30. The molecule has 1 heterocycles. The lowest BCUT2D eigenvalue weighted by molar-refractivity contribution is 0.443. The molecule has 0 radical (unpaired) electrons. The van der Waals surface area contributed by atoms with Crippen molar-refractivity contribution in [3.63, 3.8) is 0 Å². The van der Waals surface area contributed by atoms with Crippen LogP contribution in [-0.2, 0) is 10.0 Å². The lowest BCUT2D eigenvalue weighted by Gasteiger charge is -2.22. The van der Waals surface area contributed by atoms with E-state index in [4.69, 9.17) is 0 Å². The molecule has 1 aromatic heterocycles. The summed E-state index contributed by atoms with van der Waals surface area (Å²) in [5.74, 6) is 0.581. The highest BCUT2D eigenvalue weighted by Gasteiger charge is 2.18. The molecule has 1 fully saturated rings. The molecule has 112 valence electrons. The molecule has 1 saturated carbocycles. The van der Waals surface area contributed by atoms with Crippen LogP contribution in [0.5, 0.6) is 0 Å². The molecule has 0 aliphatic heterocycles. The zero-order valence-corrected chi connectivity index (χ0v) is 12.6. The molecule has 0 atom stereocenters. The number of hydrogen-bond donors (Lipinski definition) is 2. The normalized spacial score (nSPS) is 16.8. The minimum absolute atomic E-state index is 0.281. The van der Waals surface area contributed by atoms with Gasteiger partial charge in [0.1, 0.15) is 0 Å². The van der Waals surface area contributed by atoms with Crippen molar-refractivity contribution in [1.29, 1.82) is 0 Å². The number of nitrogens with zero attached hydrogens (tertiary/aromatic N) is 1. The third-order valence-electron chi connectivity index (χ3n) is 4.02. The van der Waals surface area contributed by atoms with E-state index in [1.807, 2.05) is 12.1 Å². The smallest absolute Gasteiger partial charge is 0.261 e. The number of H-pyrrole nitrogens is 1. The van der Waals surface area contributed by atoms with Crippen LogP contribution in [0.2, 0.25) is 0 Å². The van der Waals surface area contributed by atoms with Crippen molar-refractivity contribution >= 4 is 15.7 Å². The molecule has 0 spiro atoms. The minimum atomic E-state index is -3.54. The van der Waals surface area contributed by atoms with E-state index in [1.54, 1.807) is 12.1 Å². The second-order valence-electron chi connectivity index (χ2n) is 5.50. The summed E-state index contributed by atoms with van der Waals surface area (Å²) in [6, 6.07) is 7.26. The monoisotopic (exact) mass is 305 g/mol.